The highest BCUT2D eigenvalue weighted by Crippen LogP contribution is 2.36. The highest BCUT2D eigenvalue weighted by molar-refractivity contribution is 7.89. The van der Waals surface area contributed by atoms with Crippen molar-refractivity contribution in [3.63, 3.8) is 0 Å². The Morgan fingerprint density at radius 2 is 1.81 bits per heavy atom. The van der Waals surface area contributed by atoms with Crippen LogP contribution in [0.1, 0.15) is 50.4 Å². The minimum atomic E-state index is -3.56. The minimum absolute atomic E-state index is 0.0114. The minimum Gasteiger partial charge on any atom is -0.490 e. The molecule has 5 rings (SSSR count). The summed E-state index contributed by atoms with van der Waals surface area (Å²) in [7, 11) is -1.75. The number of aromatic nitrogens is 3. The first-order valence-corrected chi connectivity index (χ1v) is 12.6. The van der Waals surface area contributed by atoms with Gasteiger partial charge in [-0.05, 0) is 50.8 Å². The van der Waals surface area contributed by atoms with Gasteiger partial charge in [-0.1, -0.05) is 18.9 Å². The number of piperidine rings is 1. The number of imidazole rings is 1. The van der Waals surface area contributed by atoms with Gasteiger partial charge in [0.05, 0.1) is 5.52 Å². The molecule has 1 aliphatic heterocycles. The molecule has 0 unspecified atom stereocenters. The molecule has 2 aromatic heterocycles. The molecule has 31 heavy (non-hydrogen) atoms. The van der Waals surface area contributed by atoms with Crippen LogP contribution in [-0.4, -0.2) is 46.0 Å². The molecule has 8 heteroatoms. The average Bonchev–Trinajstić information content (AvgIpc) is 3.49. The molecule has 0 amide bonds. The van der Waals surface area contributed by atoms with Crippen molar-refractivity contribution >= 4 is 20.9 Å². The lowest BCUT2D eigenvalue weighted by molar-refractivity contribution is 0.136. The van der Waals surface area contributed by atoms with Crippen LogP contribution in [0.2, 0.25) is 0 Å². The molecule has 2 aliphatic rings. The van der Waals surface area contributed by atoms with E-state index in [1.165, 1.54) is 35.5 Å². The van der Waals surface area contributed by atoms with E-state index in [2.05, 4.69) is 33.9 Å². The van der Waals surface area contributed by atoms with Crippen molar-refractivity contribution in [2.24, 2.45) is 7.05 Å². The van der Waals surface area contributed by atoms with Gasteiger partial charge in [0.2, 0.25) is 0 Å². The van der Waals surface area contributed by atoms with Gasteiger partial charge >= 0.3 is 0 Å². The Kier molecular flexibility index (Phi) is 5.30. The van der Waals surface area contributed by atoms with Gasteiger partial charge in [0, 0.05) is 44.0 Å². The Morgan fingerprint density at radius 1 is 1.06 bits per heavy atom. The molecule has 3 aromatic rings. The lowest BCUT2D eigenvalue weighted by atomic mass is 10.1. The molecule has 1 aliphatic carbocycles. The van der Waals surface area contributed by atoms with Crippen molar-refractivity contribution in [2.45, 2.75) is 62.6 Å². The van der Waals surface area contributed by atoms with Gasteiger partial charge in [-0.25, -0.2) is 13.4 Å². The van der Waals surface area contributed by atoms with Gasteiger partial charge < -0.3 is 13.9 Å². The van der Waals surface area contributed by atoms with Crippen LogP contribution in [0.4, 0.5) is 0 Å². The highest BCUT2D eigenvalue weighted by atomic mass is 32.2. The second kappa shape index (κ2) is 7.98. The van der Waals surface area contributed by atoms with Crippen LogP contribution in [0, 0.1) is 6.92 Å². The third-order valence-electron chi connectivity index (χ3n) is 6.83. The van der Waals surface area contributed by atoms with Gasteiger partial charge in [-0.2, -0.15) is 4.31 Å². The van der Waals surface area contributed by atoms with Crippen LogP contribution in [0.15, 0.2) is 41.7 Å². The Labute approximate surface area is 183 Å². The van der Waals surface area contributed by atoms with E-state index >= 15 is 0 Å². The summed E-state index contributed by atoms with van der Waals surface area (Å²) in [6, 6.07) is 9.01. The Balaban J connectivity index is 1.28. The van der Waals surface area contributed by atoms with Crippen molar-refractivity contribution < 1.29 is 13.2 Å². The van der Waals surface area contributed by atoms with E-state index < -0.39 is 10.0 Å². The number of fused-ring (bicyclic) bond motifs is 1. The fraction of sp³-hybridized carbons (Fsp3) is 0.522. The van der Waals surface area contributed by atoms with Gasteiger partial charge in [0.25, 0.3) is 10.0 Å². The molecule has 0 spiro atoms. The maximum absolute atomic E-state index is 12.9. The van der Waals surface area contributed by atoms with E-state index in [1.54, 1.807) is 17.7 Å². The lowest BCUT2D eigenvalue weighted by Crippen LogP contribution is -2.41. The summed E-state index contributed by atoms with van der Waals surface area (Å²) in [6.45, 7) is 2.70. The number of nitrogens with zero attached hydrogens (tertiary/aromatic N) is 4. The molecule has 0 bridgehead atoms. The van der Waals surface area contributed by atoms with Crippen LogP contribution in [0.3, 0.4) is 0 Å². The van der Waals surface area contributed by atoms with Crippen molar-refractivity contribution in [3.05, 3.63) is 42.5 Å². The fourth-order valence-electron chi connectivity index (χ4n) is 4.92. The Morgan fingerprint density at radius 3 is 2.48 bits per heavy atom. The zero-order valence-corrected chi connectivity index (χ0v) is 19.0. The number of sulfonamides is 1. The summed E-state index contributed by atoms with van der Waals surface area (Å²) in [5, 5.41) is 1.28. The predicted octanol–water partition coefficient (Wildman–Crippen LogP) is 4.03. The molecule has 2 fully saturated rings. The smallest absolute Gasteiger partial charge is 0.262 e. The summed E-state index contributed by atoms with van der Waals surface area (Å²) in [4.78, 5) is 4.21. The number of rotatable bonds is 5. The van der Waals surface area contributed by atoms with Crippen LogP contribution in [0.5, 0.6) is 5.75 Å². The average molecular weight is 443 g/mol. The first-order valence-electron chi connectivity index (χ1n) is 11.2. The van der Waals surface area contributed by atoms with Gasteiger partial charge in [0.15, 0.2) is 5.03 Å². The summed E-state index contributed by atoms with van der Waals surface area (Å²) < 4.78 is 37.9. The van der Waals surface area contributed by atoms with Crippen LogP contribution in [0.25, 0.3) is 10.9 Å². The molecule has 0 N–H and O–H groups in total. The molecule has 0 radical (unpaired) electrons. The van der Waals surface area contributed by atoms with E-state index in [0.29, 0.717) is 37.8 Å². The largest absolute Gasteiger partial charge is 0.490 e. The van der Waals surface area contributed by atoms with E-state index in [9.17, 15) is 8.42 Å². The summed E-state index contributed by atoms with van der Waals surface area (Å²) in [5.74, 6) is 1.59. The van der Waals surface area contributed by atoms with Gasteiger partial charge in [0.1, 0.15) is 17.7 Å². The standard InChI is InChI=1S/C23H30N4O3S/c1-17-24-23(16-25(17)2)31(28,29)26-13-10-19(11-14-26)30-22-9-5-8-21-20(22)12-15-27(21)18-6-3-4-7-18/h5,8-9,12,15-16,18-19H,3-4,6-7,10-11,13-14H2,1-2H3. The van der Waals surface area contributed by atoms with E-state index in [-0.39, 0.29) is 11.1 Å². The summed E-state index contributed by atoms with van der Waals surface area (Å²) in [6.07, 6.45) is 10.2. The van der Waals surface area contributed by atoms with Gasteiger partial charge in [-0.3, -0.25) is 0 Å². The van der Waals surface area contributed by atoms with Gasteiger partial charge in [-0.15, -0.1) is 0 Å². The molecule has 7 nitrogen and oxygen atoms in total. The Bertz CT molecular complexity index is 1160. The summed E-state index contributed by atoms with van der Waals surface area (Å²) in [5.41, 5.74) is 1.23. The number of hydrogen-bond acceptors (Lipinski definition) is 4. The molecule has 1 saturated heterocycles. The maximum Gasteiger partial charge on any atom is 0.262 e. The normalized spacial score (nSPS) is 19.4. The quantitative estimate of drug-likeness (QED) is 0.598. The number of hydrogen-bond donors (Lipinski definition) is 0. The van der Waals surface area contributed by atoms with E-state index in [0.717, 1.165) is 11.1 Å². The second-order valence-electron chi connectivity index (χ2n) is 8.81. The third-order valence-corrected chi connectivity index (χ3v) is 8.60. The van der Waals surface area contributed by atoms with Crippen LogP contribution in [-0.2, 0) is 17.1 Å². The number of benzene rings is 1. The fourth-order valence-corrected chi connectivity index (χ4v) is 6.41. The predicted molar refractivity (Wildman–Crippen MR) is 120 cm³/mol. The molecule has 1 aromatic carbocycles. The van der Waals surface area contributed by atoms with Crippen molar-refractivity contribution in [3.8, 4) is 5.75 Å². The van der Waals surface area contributed by atoms with Crippen molar-refractivity contribution in [1.82, 2.24) is 18.4 Å². The first-order chi connectivity index (χ1) is 14.9. The number of aryl methyl sites for hydroxylation is 2. The maximum atomic E-state index is 12.9. The molecule has 166 valence electrons. The molecular formula is C23H30N4O3S. The summed E-state index contributed by atoms with van der Waals surface area (Å²) >= 11 is 0. The third kappa shape index (κ3) is 3.76. The van der Waals surface area contributed by atoms with E-state index in [1.807, 2.05) is 13.1 Å². The van der Waals surface area contributed by atoms with Crippen LogP contribution >= 0.6 is 0 Å². The van der Waals surface area contributed by atoms with Crippen LogP contribution < -0.4 is 4.74 Å². The SMILES string of the molecule is Cc1nc(S(=O)(=O)N2CCC(Oc3cccc4c3ccn4C3CCCC3)CC2)cn1C. The molecule has 1 saturated carbocycles. The highest BCUT2D eigenvalue weighted by Gasteiger charge is 2.32. The van der Waals surface area contributed by atoms with Crippen molar-refractivity contribution in [2.75, 3.05) is 13.1 Å². The lowest BCUT2D eigenvalue weighted by Gasteiger charge is -2.31. The zero-order chi connectivity index (χ0) is 21.6. The van der Waals surface area contributed by atoms with E-state index in [4.69, 9.17) is 4.74 Å². The monoisotopic (exact) mass is 442 g/mol. The second-order valence-corrected chi connectivity index (χ2v) is 10.7. The molecule has 0 atom stereocenters. The number of ether oxygens (including phenoxy) is 1. The first kappa shape index (κ1) is 20.6. The molecular weight excluding hydrogens is 412 g/mol. The Hall–Kier alpha value is -2.32. The topological polar surface area (TPSA) is 69.4 Å². The zero-order valence-electron chi connectivity index (χ0n) is 18.2. The van der Waals surface area contributed by atoms with Crippen molar-refractivity contribution in [1.29, 1.82) is 0 Å². The molecule has 3 heterocycles.